The van der Waals surface area contributed by atoms with E-state index >= 15 is 0 Å². The van der Waals surface area contributed by atoms with Crippen LogP contribution in [0.15, 0.2) is 36.4 Å². The Kier molecular flexibility index (Phi) is 6.17. The van der Waals surface area contributed by atoms with Crippen molar-refractivity contribution in [2.45, 2.75) is 32.9 Å². The van der Waals surface area contributed by atoms with Crippen LogP contribution in [0.25, 0.3) is 0 Å². The van der Waals surface area contributed by atoms with Gasteiger partial charge in [0.15, 0.2) is 0 Å². The Labute approximate surface area is 145 Å². The molecule has 0 amide bonds. The Morgan fingerprint density at radius 1 is 1.00 bits per heavy atom. The average Bonchev–Trinajstić information content (AvgIpc) is 2.55. The van der Waals surface area contributed by atoms with Crippen molar-refractivity contribution in [2.24, 2.45) is 0 Å². The third-order valence-electron chi connectivity index (χ3n) is 3.70. The maximum absolute atomic E-state index is 12.5. The molecule has 2 rings (SSSR count). The molecule has 25 heavy (non-hydrogen) atoms. The molecule has 0 aliphatic rings. The number of benzene rings is 2. The monoisotopic (exact) mass is 354 g/mol. The van der Waals surface area contributed by atoms with E-state index in [0.717, 1.165) is 35.4 Å². The minimum atomic E-state index is -4.34. The fourth-order valence-corrected chi connectivity index (χ4v) is 2.46. The Morgan fingerprint density at radius 3 is 2.24 bits per heavy atom. The van der Waals surface area contributed by atoms with E-state index in [1.54, 1.807) is 12.1 Å². The van der Waals surface area contributed by atoms with Crippen LogP contribution in [0.2, 0.25) is 0 Å². The number of halogens is 3. The van der Waals surface area contributed by atoms with Gasteiger partial charge in [-0.05, 0) is 60.9 Å². The highest BCUT2D eigenvalue weighted by atomic mass is 19.4. The van der Waals surface area contributed by atoms with Crippen molar-refractivity contribution in [3.8, 4) is 17.2 Å². The van der Waals surface area contributed by atoms with Crippen molar-refractivity contribution in [3.05, 3.63) is 53.1 Å². The molecule has 0 saturated heterocycles. The largest absolute Gasteiger partial charge is 0.508 e. The number of hydrogen-bond donors (Lipinski definition) is 1. The highest BCUT2D eigenvalue weighted by Crippen LogP contribution is 2.30. The first-order chi connectivity index (χ1) is 11.8. The molecule has 136 valence electrons. The van der Waals surface area contributed by atoms with Crippen molar-refractivity contribution in [2.75, 3.05) is 13.2 Å². The summed E-state index contributed by atoms with van der Waals surface area (Å²) in [6.45, 7) is 4.60. The van der Waals surface area contributed by atoms with Crippen LogP contribution < -0.4 is 9.47 Å². The maximum Gasteiger partial charge on any atom is 0.416 e. The van der Waals surface area contributed by atoms with Crippen molar-refractivity contribution >= 4 is 0 Å². The Morgan fingerprint density at radius 2 is 1.64 bits per heavy atom. The van der Waals surface area contributed by atoms with Crippen LogP contribution in [0.3, 0.4) is 0 Å². The van der Waals surface area contributed by atoms with Gasteiger partial charge < -0.3 is 14.6 Å². The van der Waals surface area contributed by atoms with E-state index in [1.165, 1.54) is 12.1 Å². The average molecular weight is 354 g/mol. The number of aryl methyl sites for hydroxylation is 2. The molecule has 0 saturated carbocycles. The summed E-state index contributed by atoms with van der Waals surface area (Å²) in [5, 5.41) is 9.61. The van der Waals surface area contributed by atoms with E-state index in [9.17, 15) is 18.3 Å². The summed E-state index contributed by atoms with van der Waals surface area (Å²) >= 11 is 0. The Bertz CT molecular complexity index is 694. The van der Waals surface area contributed by atoms with Crippen molar-refractivity contribution in [1.82, 2.24) is 0 Å². The number of alkyl halides is 3. The summed E-state index contributed by atoms with van der Waals surface area (Å²) in [6, 6.07) is 7.94. The van der Waals surface area contributed by atoms with E-state index < -0.39 is 11.7 Å². The minimum Gasteiger partial charge on any atom is -0.508 e. The van der Waals surface area contributed by atoms with Gasteiger partial charge in [-0.3, -0.25) is 0 Å². The second-order valence-electron chi connectivity index (χ2n) is 5.68. The molecule has 0 radical (unpaired) electrons. The van der Waals surface area contributed by atoms with E-state index in [4.69, 9.17) is 9.47 Å². The van der Waals surface area contributed by atoms with Gasteiger partial charge >= 0.3 is 6.18 Å². The molecular weight excluding hydrogens is 333 g/mol. The fraction of sp³-hybridized carbons (Fsp3) is 0.368. The first-order valence-corrected chi connectivity index (χ1v) is 8.06. The highest BCUT2D eigenvalue weighted by molar-refractivity contribution is 5.46. The van der Waals surface area contributed by atoms with E-state index in [0.29, 0.717) is 25.4 Å². The molecule has 2 aromatic carbocycles. The summed E-state index contributed by atoms with van der Waals surface area (Å²) in [6.07, 6.45) is -3.01. The summed E-state index contributed by atoms with van der Waals surface area (Å²) in [5.74, 6) is 1.37. The van der Waals surface area contributed by atoms with Gasteiger partial charge in [-0.1, -0.05) is 6.92 Å². The number of aromatic hydroxyl groups is 1. The maximum atomic E-state index is 12.5. The molecule has 0 unspecified atom stereocenters. The molecule has 0 aromatic heterocycles. The first-order valence-electron chi connectivity index (χ1n) is 8.06. The highest BCUT2D eigenvalue weighted by Gasteiger charge is 2.29. The lowest BCUT2D eigenvalue weighted by Gasteiger charge is -2.14. The predicted molar refractivity (Wildman–Crippen MR) is 89.3 cm³/mol. The van der Waals surface area contributed by atoms with Gasteiger partial charge in [0.1, 0.15) is 17.2 Å². The summed E-state index contributed by atoms with van der Waals surface area (Å²) < 4.78 is 48.6. The quantitative estimate of drug-likeness (QED) is 0.701. The van der Waals surface area contributed by atoms with Gasteiger partial charge in [0.05, 0.1) is 18.8 Å². The molecule has 0 fully saturated rings. The van der Waals surface area contributed by atoms with Gasteiger partial charge in [-0.2, -0.15) is 13.2 Å². The normalized spacial score (nSPS) is 11.4. The zero-order valence-electron chi connectivity index (χ0n) is 14.2. The molecule has 0 aliphatic carbocycles. The lowest BCUT2D eigenvalue weighted by atomic mass is 10.1. The predicted octanol–water partition coefficient (Wildman–Crippen LogP) is 5.13. The van der Waals surface area contributed by atoms with Crippen LogP contribution in [-0.2, 0) is 12.6 Å². The smallest absolute Gasteiger partial charge is 0.416 e. The van der Waals surface area contributed by atoms with Crippen molar-refractivity contribution in [1.29, 1.82) is 0 Å². The molecule has 0 atom stereocenters. The fourth-order valence-electron chi connectivity index (χ4n) is 2.46. The Hall–Kier alpha value is -2.37. The summed E-state index contributed by atoms with van der Waals surface area (Å²) in [4.78, 5) is 0. The SMILES string of the molecule is CCc1cc(O)cc(C)c1OCCCOc1ccc(C(F)(F)F)cc1. The number of hydrogen-bond acceptors (Lipinski definition) is 3. The zero-order valence-corrected chi connectivity index (χ0v) is 14.2. The second kappa shape index (κ2) is 8.14. The molecule has 0 aliphatic heterocycles. The van der Waals surface area contributed by atoms with E-state index in [2.05, 4.69) is 0 Å². The Balaban J connectivity index is 1.81. The number of ether oxygens (including phenoxy) is 2. The van der Waals surface area contributed by atoms with Gasteiger partial charge in [0.2, 0.25) is 0 Å². The van der Waals surface area contributed by atoms with Crippen LogP contribution >= 0.6 is 0 Å². The third kappa shape index (κ3) is 5.31. The van der Waals surface area contributed by atoms with Crippen molar-refractivity contribution in [3.63, 3.8) is 0 Å². The lowest BCUT2D eigenvalue weighted by molar-refractivity contribution is -0.137. The lowest BCUT2D eigenvalue weighted by Crippen LogP contribution is -2.07. The van der Waals surface area contributed by atoms with Gasteiger partial charge in [0, 0.05) is 6.42 Å². The first kappa shape index (κ1) is 19.0. The molecule has 0 heterocycles. The van der Waals surface area contributed by atoms with Crippen LogP contribution in [0.5, 0.6) is 17.2 Å². The van der Waals surface area contributed by atoms with Crippen molar-refractivity contribution < 1.29 is 27.8 Å². The van der Waals surface area contributed by atoms with E-state index in [1.807, 2.05) is 13.8 Å². The number of phenols is 1. The summed E-state index contributed by atoms with van der Waals surface area (Å²) in [7, 11) is 0. The molecule has 0 bridgehead atoms. The summed E-state index contributed by atoms with van der Waals surface area (Å²) in [5.41, 5.74) is 1.10. The van der Waals surface area contributed by atoms with Crippen LogP contribution in [0, 0.1) is 6.92 Å². The number of rotatable bonds is 7. The molecule has 2 aromatic rings. The third-order valence-corrected chi connectivity index (χ3v) is 3.70. The van der Waals surface area contributed by atoms with Gasteiger partial charge in [0.25, 0.3) is 0 Å². The zero-order chi connectivity index (χ0) is 18.4. The minimum absolute atomic E-state index is 0.215. The van der Waals surface area contributed by atoms with Gasteiger partial charge in [-0.25, -0.2) is 0 Å². The van der Waals surface area contributed by atoms with Crippen LogP contribution in [0.4, 0.5) is 13.2 Å². The molecule has 0 spiro atoms. The second-order valence-corrected chi connectivity index (χ2v) is 5.68. The topological polar surface area (TPSA) is 38.7 Å². The standard InChI is InChI=1S/C19H21F3O3/c1-3-14-12-16(23)11-13(2)18(14)25-10-4-9-24-17-7-5-15(6-8-17)19(20,21)22/h5-8,11-12,23H,3-4,9-10H2,1-2H3. The molecule has 6 heteroatoms. The van der Waals surface area contributed by atoms with Gasteiger partial charge in [-0.15, -0.1) is 0 Å². The van der Waals surface area contributed by atoms with Crippen LogP contribution in [0.1, 0.15) is 30.0 Å². The molecular formula is C19H21F3O3. The van der Waals surface area contributed by atoms with Crippen LogP contribution in [-0.4, -0.2) is 18.3 Å². The van der Waals surface area contributed by atoms with E-state index in [-0.39, 0.29) is 5.75 Å². The molecule has 1 N–H and O–H groups in total. The molecule has 3 nitrogen and oxygen atoms in total. The number of phenolic OH excluding ortho intramolecular Hbond substituents is 1.